The van der Waals surface area contributed by atoms with Gasteiger partial charge in [0.2, 0.25) is 0 Å². The fraction of sp³-hybridized carbons (Fsp3) is 1.00. The zero-order valence-corrected chi connectivity index (χ0v) is 7.42. The van der Waals surface area contributed by atoms with Gasteiger partial charge in [-0.15, -0.1) is 0 Å². The van der Waals surface area contributed by atoms with Gasteiger partial charge in [-0.3, -0.25) is 0 Å². The molecule has 0 aromatic rings. The number of hydrogen-bond donors (Lipinski definition) is 1. The van der Waals surface area contributed by atoms with Gasteiger partial charge < -0.3 is 9.84 Å². The lowest BCUT2D eigenvalue weighted by molar-refractivity contribution is 0.0250. The van der Waals surface area contributed by atoms with Crippen LogP contribution in [0.5, 0.6) is 0 Å². The molecule has 1 rings (SSSR count). The first kappa shape index (κ1) is 9.01. The second kappa shape index (κ2) is 4.07. The average Bonchev–Trinajstić information content (AvgIpc) is 2.05. The highest BCUT2D eigenvalue weighted by molar-refractivity contribution is 4.75. The summed E-state index contributed by atoms with van der Waals surface area (Å²) < 4.78 is 5.24. The van der Waals surface area contributed by atoms with E-state index in [4.69, 9.17) is 4.74 Å². The van der Waals surface area contributed by atoms with Crippen molar-refractivity contribution in [1.29, 1.82) is 0 Å². The van der Waals surface area contributed by atoms with E-state index in [1.54, 1.807) is 7.11 Å². The molecule has 1 fully saturated rings. The van der Waals surface area contributed by atoms with E-state index in [-0.39, 0.29) is 6.10 Å². The molecule has 0 aromatic carbocycles. The first-order valence-electron chi connectivity index (χ1n) is 4.45. The van der Waals surface area contributed by atoms with E-state index in [1.165, 1.54) is 0 Å². The predicted molar refractivity (Wildman–Crippen MR) is 44.4 cm³/mol. The van der Waals surface area contributed by atoms with Gasteiger partial charge in [0.1, 0.15) is 0 Å². The van der Waals surface area contributed by atoms with Gasteiger partial charge in [0, 0.05) is 7.11 Å². The first-order chi connectivity index (χ1) is 5.24. The van der Waals surface area contributed by atoms with Crippen LogP contribution in [0.15, 0.2) is 0 Å². The Morgan fingerprint density at radius 1 is 1.27 bits per heavy atom. The molecular weight excluding hydrogens is 140 g/mol. The molecule has 1 unspecified atom stereocenters. The minimum Gasteiger partial charge on any atom is -0.393 e. The van der Waals surface area contributed by atoms with Crippen LogP contribution in [0.2, 0.25) is 0 Å². The molecule has 1 saturated carbocycles. The summed E-state index contributed by atoms with van der Waals surface area (Å²) in [6.45, 7) is 1.89. The average molecular weight is 158 g/mol. The molecule has 0 aliphatic heterocycles. The fourth-order valence-electron chi connectivity index (χ4n) is 1.81. The van der Waals surface area contributed by atoms with Crippen molar-refractivity contribution in [2.24, 2.45) is 5.92 Å². The first-order valence-corrected chi connectivity index (χ1v) is 4.45. The Bertz CT molecular complexity index is 104. The lowest BCUT2D eigenvalue weighted by Gasteiger charge is -2.29. The molecule has 0 amide bonds. The van der Waals surface area contributed by atoms with E-state index >= 15 is 0 Å². The smallest absolute Gasteiger partial charge is 0.0571 e. The molecule has 0 radical (unpaired) electrons. The summed E-state index contributed by atoms with van der Waals surface area (Å²) in [5.74, 6) is 0.515. The molecule has 1 N–H and O–H groups in total. The molecule has 0 heterocycles. The van der Waals surface area contributed by atoms with E-state index in [0.717, 1.165) is 25.7 Å². The fourth-order valence-corrected chi connectivity index (χ4v) is 1.81. The Balaban J connectivity index is 2.24. The van der Waals surface area contributed by atoms with Gasteiger partial charge in [0.15, 0.2) is 0 Å². The number of ether oxygens (including phenoxy) is 1. The summed E-state index contributed by atoms with van der Waals surface area (Å²) in [7, 11) is 1.77. The number of aliphatic hydroxyl groups is 1. The van der Waals surface area contributed by atoms with Crippen LogP contribution in [0, 0.1) is 5.92 Å². The molecule has 0 aromatic heterocycles. The van der Waals surface area contributed by atoms with Gasteiger partial charge in [0.25, 0.3) is 0 Å². The topological polar surface area (TPSA) is 29.5 Å². The van der Waals surface area contributed by atoms with Gasteiger partial charge in [-0.2, -0.15) is 0 Å². The minimum atomic E-state index is -0.132. The number of methoxy groups -OCH3 is 1. The Labute approximate surface area is 68.6 Å². The number of rotatable bonds is 2. The lowest BCUT2D eigenvalue weighted by Crippen LogP contribution is -2.26. The van der Waals surface area contributed by atoms with Crippen LogP contribution in [0.4, 0.5) is 0 Å². The van der Waals surface area contributed by atoms with Crippen molar-refractivity contribution in [1.82, 2.24) is 0 Å². The summed E-state index contributed by atoms with van der Waals surface area (Å²) in [6.07, 6.45) is 4.79. The molecule has 0 saturated heterocycles. The van der Waals surface area contributed by atoms with Crippen molar-refractivity contribution in [2.75, 3.05) is 7.11 Å². The van der Waals surface area contributed by atoms with Crippen molar-refractivity contribution in [3.8, 4) is 0 Å². The summed E-state index contributed by atoms with van der Waals surface area (Å²) in [4.78, 5) is 0. The second-order valence-corrected chi connectivity index (χ2v) is 3.51. The highest BCUT2D eigenvalue weighted by Crippen LogP contribution is 2.27. The highest BCUT2D eigenvalue weighted by Gasteiger charge is 2.23. The molecule has 2 heteroatoms. The monoisotopic (exact) mass is 158 g/mol. The summed E-state index contributed by atoms with van der Waals surface area (Å²) in [6, 6.07) is 0. The van der Waals surface area contributed by atoms with E-state index in [0.29, 0.717) is 12.0 Å². The third-order valence-electron chi connectivity index (χ3n) is 2.73. The van der Waals surface area contributed by atoms with Gasteiger partial charge in [0.05, 0.1) is 12.2 Å². The summed E-state index contributed by atoms with van der Waals surface area (Å²) in [5.41, 5.74) is 0. The van der Waals surface area contributed by atoms with Crippen LogP contribution < -0.4 is 0 Å². The number of aliphatic hydroxyl groups excluding tert-OH is 1. The molecule has 2 nitrogen and oxygen atoms in total. The maximum atomic E-state index is 9.30. The molecule has 66 valence electrons. The maximum absolute atomic E-state index is 9.30. The third kappa shape index (κ3) is 2.46. The molecule has 1 aliphatic rings. The third-order valence-corrected chi connectivity index (χ3v) is 2.73. The van der Waals surface area contributed by atoms with E-state index in [2.05, 4.69) is 0 Å². The Kier molecular flexibility index (Phi) is 3.34. The number of hydrogen-bond acceptors (Lipinski definition) is 2. The quantitative estimate of drug-likeness (QED) is 0.661. The van der Waals surface area contributed by atoms with Gasteiger partial charge in [-0.05, 0) is 38.5 Å². The molecule has 11 heavy (non-hydrogen) atoms. The van der Waals surface area contributed by atoms with E-state index in [9.17, 15) is 5.11 Å². The summed E-state index contributed by atoms with van der Waals surface area (Å²) >= 11 is 0. The van der Waals surface area contributed by atoms with Crippen LogP contribution in [0.25, 0.3) is 0 Å². The standard InChI is InChI=1S/C9H18O2/c1-7(10)8-3-5-9(11-2)6-4-8/h7-10H,3-6H2,1-2H3. The van der Waals surface area contributed by atoms with Crippen molar-refractivity contribution >= 4 is 0 Å². The SMILES string of the molecule is COC1CCC(C(C)O)CC1. The van der Waals surface area contributed by atoms with Crippen LogP contribution in [0.1, 0.15) is 32.6 Å². The van der Waals surface area contributed by atoms with Crippen LogP contribution in [-0.4, -0.2) is 24.4 Å². The molecule has 1 atom stereocenters. The maximum Gasteiger partial charge on any atom is 0.0571 e. The van der Waals surface area contributed by atoms with Gasteiger partial charge in [-0.1, -0.05) is 0 Å². The Morgan fingerprint density at radius 2 is 1.82 bits per heavy atom. The predicted octanol–water partition coefficient (Wildman–Crippen LogP) is 1.57. The molecule has 0 bridgehead atoms. The molecule has 1 aliphatic carbocycles. The van der Waals surface area contributed by atoms with Crippen molar-refractivity contribution in [3.63, 3.8) is 0 Å². The Hall–Kier alpha value is -0.0800. The van der Waals surface area contributed by atoms with Crippen molar-refractivity contribution in [3.05, 3.63) is 0 Å². The van der Waals surface area contributed by atoms with Crippen molar-refractivity contribution in [2.45, 2.75) is 44.8 Å². The van der Waals surface area contributed by atoms with Gasteiger partial charge >= 0.3 is 0 Å². The lowest BCUT2D eigenvalue weighted by atomic mass is 9.84. The van der Waals surface area contributed by atoms with Gasteiger partial charge in [-0.25, -0.2) is 0 Å². The zero-order valence-electron chi connectivity index (χ0n) is 7.42. The van der Waals surface area contributed by atoms with E-state index in [1.807, 2.05) is 6.92 Å². The zero-order chi connectivity index (χ0) is 8.27. The molecular formula is C9H18O2. The van der Waals surface area contributed by atoms with Crippen LogP contribution in [0.3, 0.4) is 0 Å². The second-order valence-electron chi connectivity index (χ2n) is 3.51. The highest BCUT2D eigenvalue weighted by atomic mass is 16.5. The largest absolute Gasteiger partial charge is 0.393 e. The van der Waals surface area contributed by atoms with Crippen LogP contribution in [-0.2, 0) is 4.74 Å². The van der Waals surface area contributed by atoms with Crippen molar-refractivity contribution < 1.29 is 9.84 Å². The normalized spacial score (nSPS) is 35.2. The van der Waals surface area contributed by atoms with E-state index < -0.39 is 0 Å². The summed E-state index contributed by atoms with van der Waals surface area (Å²) in [5, 5.41) is 9.30. The Morgan fingerprint density at radius 3 is 2.18 bits per heavy atom. The minimum absolute atomic E-state index is 0.132. The molecule has 0 spiro atoms. The van der Waals surface area contributed by atoms with Crippen LogP contribution >= 0.6 is 0 Å².